The molecule has 1 aliphatic rings. The number of fused-ring (bicyclic) bond motifs is 1. The Morgan fingerprint density at radius 3 is 2.56 bits per heavy atom. The van der Waals surface area contributed by atoms with Crippen molar-refractivity contribution in [3.8, 4) is 11.3 Å². The average molecular weight is 374 g/mol. The van der Waals surface area contributed by atoms with E-state index in [9.17, 15) is 4.21 Å². The number of hydrogen-bond acceptors (Lipinski definition) is 3. The number of H-pyrrole nitrogens is 1. The van der Waals surface area contributed by atoms with Crippen molar-refractivity contribution in [2.75, 3.05) is 24.2 Å². The summed E-state index contributed by atoms with van der Waals surface area (Å²) in [5.41, 5.74) is 3.81. The molecule has 3 aromatic rings. The summed E-state index contributed by atoms with van der Waals surface area (Å²) in [4.78, 5) is 6.27. The minimum atomic E-state index is -2.79. The summed E-state index contributed by atoms with van der Waals surface area (Å²) in [6, 6.07) is 13.6. The normalized spacial score (nSPS) is 17.1. The number of hydrogen-bond donors (Lipinski definition) is 2. The highest BCUT2D eigenvalue weighted by molar-refractivity contribution is 7.91. The fourth-order valence-corrected chi connectivity index (χ4v) is 4.47. The fourth-order valence-electron chi connectivity index (χ4n) is 3.48. The van der Waals surface area contributed by atoms with Crippen molar-refractivity contribution in [2.45, 2.75) is 17.7 Å². The van der Waals surface area contributed by atoms with Crippen LogP contribution in [0.5, 0.6) is 0 Å². The van der Waals surface area contributed by atoms with Crippen LogP contribution in [0, 0.1) is 4.78 Å². The zero-order chi connectivity index (χ0) is 17.6. The molecule has 2 heterocycles. The number of aromatic amines is 1. The molecule has 6 heteroatoms. The van der Waals surface area contributed by atoms with Crippen LogP contribution in [0.3, 0.4) is 0 Å². The Balaban J connectivity index is 1.97. The van der Waals surface area contributed by atoms with Gasteiger partial charge >= 0.3 is 0 Å². The lowest BCUT2D eigenvalue weighted by molar-refractivity contribution is 0.679. The molecule has 0 bridgehead atoms. The number of rotatable bonds is 3. The second-order valence-corrected chi connectivity index (χ2v) is 9.11. The van der Waals surface area contributed by atoms with Gasteiger partial charge in [-0.15, -0.1) is 0 Å². The maximum atomic E-state index is 12.3. The van der Waals surface area contributed by atoms with Crippen molar-refractivity contribution in [1.82, 2.24) is 4.98 Å². The lowest BCUT2D eigenvalue weighted by atomic mass is 10.1. The summed E-state index contributed by atoms with van der Waals surface area (Å²) in [6.07, 6.45) is 3.80. The van der Waals surface area contributed by atoms with Crippen LogP contribution in [0.15, 0.2) is 47.4 Å². The standard InChI is InChI=1S/C19H20ClN3OS/c1-25(21,24)13-8-9-17(23-10-4-5-11-23)15(12-13)19-18(20)14-6-2-3-7-16(14)22-19/h2-3,6-9,12,21-22H,4-5,10-11H2,1H3. The van der Waals surface area contributed by atoms with Gasteiger partial charge in [-0.3, -0.25) is 0 Å². The third-order valence-corrected chi connectivity index (χ3v) is 6.32. The Kier molecular flexibility index (Phi) is 4.01. The molecule has 0 amide bonds. The third-order valence-electron chi connectivity index (χ3n) is 4.78. The number of halogens is 1. The van der Waals surface area contributed by atoms with E-state index in [-0.39, 0.29) is 0 Å². The molecule has 25 heavy (non-hydrogen) atoms. The molecule has 0 saturated carbocycles. The number of nitrogens with one attached hydrogen (secondary N) is 2. The summed E-state index contributed by atoms with van der Waals surface area (Å²) >= 11 is 6.67. The first-order valence-electron chi connectivity index (χ1n) is 8.34. The number of anilines is 1. The summed E-state index contributed by atoms with van der Waals surface area (Å²) in [7, 11) is -2.79. The molecule has 4 rings (SSSR count). The molecule has 0 spiro atoms. The zero-order valence-corrected chi connectivity index (χ0v) is 15.6. The van der Waals surface area contributed by atoms with Crippen molar-refractivity contribution in [3.63, 3.8) is 0 Å². The summed E-state index contributed by atoms with van der Waals surface area (Å²) < 4.78 is 20.2. The number of para-hydroxylation sites is 1. The molecular weight excluding hydrogens is 354 g/mol. The Morgan fingerprint density at radius 1 is 1.16 bits per heavy atom. The van der Waals surface area contributed by atoms with E-state index in [1.807, 2.05) is 42.5 Å². The van der Waals surface area contributed by atoms with Crippen LogP contribution in [0.1, 0.15) is 12.8 Å². The molecule has 1 atom stereocenters. The molecule has 1 unspecified atom stereocenters. The SMILES string of the molecule is CS(=N)(=O)c1ccc(N2CCCC2)c(-c2[nH]c3ccccc3c2Cl)c1. The first-order chi connectivity index (χ1) is 11.9. The minimum Gasteiger partial charge on any atom is -0.371 e. The van der Waals surface area contributed by atoms with E-state index in [2.05, 4.69) is 9.88 Å². The average Bonchev–Trinajstić information content (AvgIpc) is 3.22. The fraction of sp³-hybridized carbons (Fsp3) is 0.263. The highest BCUT2D eigenvalue weighted by atomic mass is 35.5. The van der Waals surface area contributed by atoms with Crippen molar-refractivity contribution in [1.29, 1.82) is 4.78 Å². The van der Waals surface area contributed by atoms with Crippen LogP contribution in [0.25, 0.3) is 22.2 Å². The maximum Gasteiger partial charge on any atom is 0.0741 e. The Labute approximate surface area is 152 Å². The van der Waals surface area contributed by atoms with Crippen molar-refractivity contribution >= 4 is 37.9 Å². The van der Waals surface area contributed by atoms with E-state index in [4.69, 9.17) is 16.4 Å². The molecule has 2 aromatic carbocycles. The van der Waals surface area contributed by atoms with Gasteiger partial charge in [-0.05, 0) is 37.1 Å². The third kappa shape index (κ3) is 2.92. The van der Waals surface area contributed by atoms with Gasteiger partial charge in [0.15, 0.2) is 0 Å². The quantitative estimate of drug-likeness (QED) is 0.669. The molecule has 1 aromatic heterocycles. The number of benzene rings is 2. The summed E-state index contributed by atoms with van der Waals surface area (Å²) in [5.74, 6) is 0. The number of aromatic nitrogens is 1. The highest BCUT2D eigenvalue weighted by Crippen LogP contribution is 2.40. The van der Waals surface area contributed by atoms with Gasteiger partial charge in [0.05, 0.1) is 20.4 Å². The van der Waals surface area contributed by atoms with Gasteiger partial charge in [0.2, 0.25) is 0 Å². The van der Waals surface area contributed by atoms with Crippen molar-refractivity contribution in [3.05, 3.63) is 47.5 Å². The molecule has 0 radical (unpaired) electrons. The lowest BCUT2D eigenvalue weighted by Gasteiger charge is -2.22. The highest BCUT2D eigenvalue weighted by Gasteiger charge is 2.21. The van der Waals surface area contributed by atoms with E-state index < -0.39 is 9.73 Å². The van der Waals surface area contributed by atoms with Crippen LogP contribution in [0.4, 0.5) is 5.69 Å². The van der Waals surface area contributed by atoms with Crippen LogP contribution < -0.4 is 4.90 Å². The van der Waals surface area contributed by atoms with Gasteiger partial charge in [-0.25, -0.2) is 8.99 Å². The summed E-state index contributed by atoms with van der Waals surface area (Å²) in [5, 5.41) is 1.64. The van der Waals surface area contributed by atoms with Gasteiger partial charge in [0.1, 0.15) is 0 Å². The predicted molar refractivity (Wildman–Crippen MR) is 105 cm³/mol. The Hall–Kier alpha value is -1.98. The van der Waals surface area contributed by atoms with Gasteiger partial charge in [0, 0.05) is 46.4 Å². The minimum absolute atomic E-state index is 0.528. The monoisotopic (exact) mass is 373 g/mol. The van der Waals surface area contributed by atoms with Gasteiger partial charge < -0.3 is 9.88 Å². The molecule has 4 nitrogen and oxygen atoms in total. The Morgan fingerprint density at radius 2 is 1.88 bits per heavy atom. The van der Waals surface area contributed by atoms with Gasteiger partial charge in [-0.1, -0.05) is 29.8 Å². The van der Waals surface area contributed by atoms with Gasteiger partial charge in [0.25, 0.3) is 0 Å². The van der Waals surface area contributed by atoms with Crippen LogP contribution in [0.2, 0.25) is 5.02 Å². The van der Waals surface area contributed by atoms with Crippen LogP contribution in [-0.2, 0) is 9.73 Å². The van der Waals surface area contributed by atoms with Crippen LogP contribution in [-0.4, -0.2) is 28.5 Å². The largest absolute Gasteiger partial charge is 0.371 e. The van der Waals surface area contributed by atoms with Crippen molar-refractivity contribution in [2.24, 2.45) is 0 Å². The van der Waals surface area contributed by atoms with E-state index in [0.29, 0.717) is 9.92 Å². The first kappa shape index (κ1) is 16.5. The smallest absolute Gasteiger partial charge is 0.0741 e. The topological polar surface area (TPSA) is 60.0 Å². The molecule has 130 valence electrons. The van der Waals surface area contributed by atoms with Crippen LogP contribution >= 0.6 is 11.6 Å². The lowest BCUT2D eigenvalue weighted by Crippen LogP contribution is -2.18. The first-order valence-corrected chi connectivity index (χ1v) is 10.7. The molecule has 0 aliphatic carbocycles. The zero-order valence-electron chi connectivity index (χ0n) is 14.0. The summed E-state index contributed by atoms with van der Waals surface area (Å²) in [6.45, 7) is 2.01. The molecule has 1 fully saturated rings. The maximum absolute atomic E-state index is 12.3. The number of nitrogens with zero attached hydrogens (tertiary/aromatic N) is 1. The van der Waals surface area contributed by atoms with E-state index in [0.717, 1.165) is 40.9 Å². The molecular formula is C19H20ClN3OS. The predicted octanol–water partition coefficient (Wildman–Crippen LogP) is 5.12. The molecule has 1 saturated heterocycles. The van der Waals surface area contributed by atoms with E-state index in [1.54, 1.807) is 0 Å². The molecule has 1 aliphatic heterocycles. The van der Waals surface area contributed by atoms with Crippen molar-refractivity contribution < 1.29 is 4.21 Å². The molecule has 2 N–H and O–H groups in total. The second kappa shape index (κ2) is 6.07. The van der Waals surface area contributed by atoms with E-state index >= 15 is 0 Å². The Bertz CT molecular complexity index is 1050. The second-order valence-electron chi connectivity index (χ2n) is 6.58. The van der Waals surface area contributed by atoms with E-state index in [1.165, 1.54) is 19.1 Å². The van der Waals surface area contributed by atoms with Gasteiger partial charge in [-0.2, -0.15) is 0 Å².